The Balaban J connectivity index is 2.56. The molecule has 0 aliphatic carbocycles. The maximum atomic E-state index is 11.9. The summed E-state index contributed by atoms with van der Waals surface area (Å²) in [5, 5.41) is 3.16. The molecule has 0 aliphatic rings. The van der Waals surface area contributed by atoms with Crippen molar-refractivity contribution in [2.75, 3.05) is 6.54 Å². The van der Waals surface area contributed by atoms with Gasteiger partial charge in [0.05, 0.1) is 11.1 Å². The fourth-order valence-corrected chi connectivity index (χ4v) is 1.86. The Morgan fingerprint density at radius 3 is 2.60 bits per heavy atom. The molecule has 0 aliphatic heterocycles. The first kappa shape index (κ1) is 16.5. The van der Waals surface area contributed by atoms with Gasteiger partial charge < -0.3 is 14.8 Å². The number of nitrogens with one attached hydrogen (secondary N) is 1. The van der Waals surface area contributed by atoms with Crippen LogP contribution in [0.1, 0.15) is 44.0 Å². The summed E-state index contributed by atoms with van der Waals surface area (Å²) in [7, 11) is 0. The van der Waals surface area contributed by atoms with Crippen molar-refractivity contribution in [1.82, 2.24) is 5.32 Å². The molecule has 1 rings (SSSR count). The third-order valence-corrected chi connectivity index (χ3v) is 2.84. The lowest BCUT2D eigenvalue weighted by atomic mass is 10.2. The first-order chi connectivity index (χ1) is 9.40. The summed E-state index contributed by atoms with van der Waals surface area (Å²) in [4.78, 5) is 22.7. The summed E-state index contributed by atoms with van der Waals surface area (Å²) < 4.78 is 5.50. The van der Waals surface area contributed by atoms with Crippen LogP contribution in [0.15, 0.2) is 18.2 Å². The number of hydrogen-bond acceptors (Lipinski definition) is 3. The van der Waals surface area contributed by atoms with Gasteiger partial charge in [0.2, 0.25) is 0 Å². The molecule has 0 aromatic heterocycles. The van der Waals surface area contributed by atoms with Gasteiger partial charge in [0, 0.05) is 18.5 Å². The number of Topliss-reactive ketones (excluding diaryl/α,β-unsaturated/α-hetero) is 1. The molecule has 0 saturated heterocycles. The van der Waals surface area contributed by atoms with Gasteiger partial charge in [0.25, 0.3) is 5.91 Å². The molecular weight excluding hydrogens is 278 g/mol. The van der Waals surface area contributed by atoms with Crippen LogP contribution in [0.5, 0.6) is 5.75 Å². The smallest absolute Gasteiger partial charge is 0.251 e. The molecule has 0 heterocycles. The molecule has 0 atom stereocenters. The quantitative estimate of drug-likeness (QED) is 0.786. The molecule has 0 unspecified atom stereocenters. The largest absolute Gasteiger partial charge is 0.489 e. The van der Waals surface area contributed by atoms with E-state index in [0.29, 0.717) is 35.7 Å². The number of carbonyl (C=O) groups is 2. The second-order valence-electron chi connectivity index (χ2n) is 4.87. The Labute approximate surface area is 124 Å². The van der Waals surface area contributed by atoms with Crippen LogP contribution >= 0.6 is 11.6 Å². The van der Waals surface area contributed by atoms with Crippen molar-refractivity contribution in [2.45, 2.75) is 39.7 Å². The maximum absolute atomic E-state index is 11.9. The van der Waals surface area contributed by atoms with Crippen LogP contribution in [-0.2, 0) is 4.79 Å². The third kappa shape index (κ3) is 5.61. The van der Waals surface area contributed by atoms with Crippen LogP contribution in [-0.4, -0.2) is 24.3 Å². The van der Waals surface area contributed by atoms with E-state index in [1.165, 1.54) is 6.92 Å². The maximum Gasteiger partial charge on any atom is 0.251 e. The predicted molar refractivity (Wildman–Crippen MR) is 79.5 cm³/mol. The molecule has 5 heteroatoms. The van der Waals surface area contributed by atoms with E-state index in [-0.39, 0.29) is 17.8 Å². The van der Waals surface area contributed by atoms with Gasteiger partial charge in [0.1, 0.15) is 11.5 Å². The highest BCUT2D eigenvalue weighted by Gasteiger charge is 2.10. The number of rotatable bonds is 7. The molecule has 110 valence electrons. The van der Waals surface area contributed by atoms with Crippen molar-refractivity contribution in [3.63, 3.8) is 0 Å². The highest BCUT2D eigenvalue weighted by Crippen LogP contribution is 2.26. The number of benzene rings is 1. The SMILES string of the molecule is CC(=O)CCCNC(=O)c1ccc(OC(C)C)c(Cl)c1. The van der Waals surface area contributed by atoms with Gasteiger partial charge in [-0.25, -0.2) is 0 Å². The van der Waals surface area contributed by atoms with Gasteiger partial charge >= 0.3 is 0 Å². The minimum Gasteiger partial charge on any atom is -0.489 e. The topological polar surface area (TPSA) is 55.4 Å². The van der Waals surface area contributed by atoms with E-state index in [1.54, 1.807) is 18.2 Å². The lowest BCUT2D eigenvalue weighted by Gasteiger charge is -2.12. The lowest BCUT2D eigenvalue weighted by Crippen LogP contribution is -2.24. The molecule has 1 N–H and O–H groups in total. The number of ketones is 1. The number of carbonyl (C=O) groups excluding carboxylic acids is 2. The van der Waals surface area contributed by atoms with Crippen LogP contribution < -0.4 is 10.1 Å². The number of ether oxygens (including phenoxy) is 1. The van der Waals surface area contributed by atoms with Crippen molar-refractivity contribution in [3.8, 4) is 5.75 Å². The summed E-state index contributed by atoms with van der Waals surface area (Å²) in [6, 6.07) is 4.94. The zero-order valence-corrected chi connectivity index (χ0v) is 12.8. The van der Waals surface area contributed by atoms with Crippen LogP contribution in [0, 0.1) is 0 Å². The molecular formula is C15H20ClNO3. The second kappa shape index (κ2) is 7.90. The molecule has 1 aromatic carbocycles. The molecule has 1 aromatic rings. The minimum atomic E-state index is -0.202. The fraction of sp³-hybridized carbons (Fsp3) is 0.467. The summed E-state index contributed by atoms with van der Waals surface area (Å²) >= 11 is 6.07. The minimum absolute atomic E-state index is 0.0266. The van der Waals surface area contributed by atoms with E-state index in [9.17, 15) is 9.59 Å². The van der Waals surface area contributed by atoms with E-state index >= 15 is 0 Å². The van der Waals surface area contributed by atoms with Crippen molar-refractivity contribution >= 4 is 23.3 Å². The Bertz CT molecular complexity index is 486. The fourth-order valence-electron chi connectivity index (χ4n) is 1.63. The second-order valence-corrected chi connectivity index (χ2v) is 5.28. The Hall–Kier alpha value is -1.55. The standard InChI is InChI=1S/C15H20ClNO3/c1-10(2)20-14-7-6-12(9-13(14)16)15(19)17-8-4-5-11(3)18/h6-7,9-10H,4-5,8H2,1-3H3,(H,17,19). The summed E-state index contributed by atoms with van der Waals surface area (Å²) in [6.45, 7) is 5.83. The first-order valence-corrected chi connectivity index (χ1v) is 7.01. The van der Waals surface area contributed by atoms with Crippen molar-refractivity contribution in [1.29, 1.82) is 0 Å². The zero-order valence-electron chi connectivity index (χ0n) is 12.0. The van der Waals surface area contributed by atoms with Gasteiger partial charge in [0.15, 0.2) is 0 Å². The van der Waals surface area contributed by atoms with E-state index in [1.807, 2.05) is 13.8 Å². The Kier molecular flexibility index (Phi) is 6.52. The van der Waals surface area contributed by atoms with Crippen LogP contribution in [0.4, 0.5) is 0 Å². The highest BCUT2D eigenvalue weighted by molar-refractivity contribution is 6.32. The van der Waals surface area contributed by atoms with Crippen molar-refractivity contribution in [2.24, 2.45) is 0 Å². The average molecular weight is 298 g/mol. The lowest BCUT2D eigenvalue weighted by molar-refractivity contribution is -0.117. The van der Waals surface area contributed by atoms with Crippen molar-refractivity contribution in [3.05, 3.63) is 28.8 Å². The normalized spacial score (nSPS) is 10.4. The highest BCUT2D eigenvalue weighted by atomic mass is 35.5. The summed E-state index contributed by atoms with van der Waals surface area (Å²) in [5.41, 5.74) is 0.480. The van der Waals surface area contributed by atoms with Gasteiger partial charge in [-0.15, -0.1) is 0 Å². The van der Waals surface area contributed by atoms with Gasteiger partial charge in [-0.1, -0.05) is 11.6 Å². The van der Waals surface area contributed by atoms with E-state index in [2.05, 4.69) is 5.32 Å². The average Bonchev–Trinajstić information content (AvgIpc) is 2.36. The molecule has 1 amide bonds. The predicted octanol–water partition coefficient (Wildman–Crippen LogP) is 3.23. The molecule has 20 heavy (non-hydrogen) atoms. The van der Waals surface area contributed by atoms with E-state index in [0.717, 1.165) is 0 Å². The number of hydrogen-bond donors (Lipinski definition) is 1. The number of halogens is 1. The molecule has 0 radical (unpaired) electrons. The Morgan fingerprint density at radius 2 is 2.05 bits per heavy atom. The monoisotopic (exact) mass is 297 g/mol. The molecule has 0 saturated carbocycles. The van der Waals surface area contributed by atoms with Crippen LogP contribution in [0.3, 0.4) is 0 Å². The molecule has 0 bridgehead atoms. The summed E-state index contributed by atoms with van der Waals surface area (Å²) in [5.74, 6) is 0.485. The Morgan fingerprint density at radius 1 is 1.35 bits per heavy atom. The van der Waals surface area contributed by atoms with Gasteiger partial charge in [-0.3, -0.25) is 4.79 Å². The third-order valence-electron chi connectivity index (χ3n) is 2.55. The van der Waals surface area contributed by atoms with Gasteiger partial charge in [-0.05, 0) is 45.4 Å². The van der Waals surface area contributed by atoms with E-state index in [4.69, 9.17) is 16.3 Å². The number of amides is 1. The first-order valence-electron chi connectivity index (χ1n) is 6.64. The summed E-state index contributed by atoms with van der Waals surface area (Å²) in [6.07, 6.45) is 1.14. The molecule has 0 fully saturated rings. The van der Waals surface area contributed by atoms with Crippen molar-refractivity contribution < 1.29 is 14.3 Å². The van der Waals surface area contributed by atoms with Crippen LogP contribution in [0.2, 0.25) is 5.02 Å². The molecule has 4 nitrogen and oxygen atoms in total. The van der Waals surface area contributed by atoms with Crippen LogP contribution in [0.25, 0.3) is 0 Å². The van der Waals surface area contributed by atoms with E-state index < -0.39 is 0 Å². The molecule has 0 spiro atoms. The van der Waals surface area contributed by atoms with Gasteiger partial charge in [-0.2, -0.15) is 0 Å². The zero-order chi connectivity index (χ0) is 15.1.